The Morgan fingerprint density at radius 1 is 1.53 bits per heavy atom. The van der Waals surface area contributed by atoms with Crippen molar-refractivity contribution in [2.75, 3.05) is 19.7 Å². The van der Waals surface area contributed by atoms with Crippen LogP contribution in [0.15, 0.2) is 18.2 Å². The Balaban J connectivity index is 2.25. The van der Waals surface area contributed by atoms with Gasteiger partial charge in [-0.05, 0) is 31.2 Å². The van der Waals surface area contributed by atoms with Crippen molar-refractivity contribution in [1.29, 1.82) is 0 Å². The molecule has 0 saturated heterocycles. The number of fused-ring (bicyclic) bond motifs is 1. The van der Waals surface area contributed by atoms with Crippen LogP contribution in [-0.2, 0) is 6.54 Å². The van der Waals surface area contributed by atoms with Gasteiger partial charge in [-0.3, -0.25) is 4.90 Å². The standard InChI is InChI=1S/C13H17NO3/c1-2-5-14-6-7-17-12-4-3-10(13(15)16)8-11(12)9-14/h3-4,8H,2,5-7,9H2,1H3,(H,15,16). The Labute approximate surface area is 101 Å². The summed E-state index contributed by atoms with van der Waals surface area (Å²) in [5.74, 6) is -0.0762. The van der Waals surface area contributed by atoms with E-state index in [2.05, 4.69) is 11.8 Å². The van der Waals surface area contributed by atoms with E-state index in [0.717, 1.165) is 37.4 Å². The highest BCUT2D eigenvalue weighted by molar-refractivity contribution is 5.88. The monoisotopic (exact) mass is 235 g/mol. The van der Waals surface area contributed by atoms with Crippen LogP contribution in [0.25, 0.3) is 0 Å². The number of hydrogen-bond donors (Lipinski definition) is 1. The van der Waals surface area contributed by atoms with E-state index in [4.69, 9.17) is 9.84 Å². The van der Waals surface area contributed by atoms with Gasteiger partial charge in [0.2, 0.25) is 0 Å². The van der Waals surface area contributed by atoms with Crippen molar-refractivity contribution in [2.24, 2.45) is 0 Å². The number of aromatic carboxylic acids is 1. The second-order valence-corrected chi connectivity index (χ2v) is 4.25. The summed E-state index contributed by atoms with van der Waals surface area (Å²) < 4.78 is 5.63. The lowest BCUT2D eigenvalue weighted by atomic mass is 10.1. The summed E-state index contributed by atoms with van der Waals surface area (Å²) in [6, 6.07) is 5.07. The molecule has 0 saturated carbocycles. The quantitative estimate of drug-likeness (QED) is 0.870. The molecule has 0 unspecified atom stereocenters. The number of hydrogen-bond acceptors (Lipinski definition) is 3. The maximum atomic E-state index is 10.9. The zero-order chi connectivity index (χ0) is 12.3. The zero-order valence-corrected chi connectivity index (χ0v) is 9.98. The molecule has 17 heavy (non-hydrogen) atoms. The molecule has 1 aliphatic heterocycles. The number of carboxylic acid groups (broad SMARTS) is 1. The number of rotatable bonds is 3. The van der Waals surface area contributed by atoms with Gasteiger partial charge in [0.1, 0.15) is 12.4 Å². The fraction of sp³-hybridized carbons (Fsp3) is 0.462. The molecule has 0 aliphatic carbocycles. The van der Waals surface area contributed by atoms with Gasteiger partial charge in [0.05, 0.1) is 5.56 Å². The SMILES string of the molecule is CCCN1CCOc2ccc(C(=O)O)cc2C1. The molecule has 0 radical (unpaired) electrons. The van der Waals surface area contributed by atoms with Crippen LogP contribution in [0, 0.1) is 0 Å². The maximum Gasteiger partial charge on any atom is 0.335 e. The first kappa shape index (κ1) is 11.9. The topological polar surface area (TPSA) is 49.8 Å². The first-order chi connectivity index (χ1) is 8.20. The Kier molecular flexibility index (Phi) is 3.64. The number of carbonyl (C=O) groups is 1. The third kappa shape index (κ3) is 2.77. The predicted molar refractivity (Wildman–Crippen MR) is 64.5 cm³/mol. The molecule has 4 heteroatoms. The van der Waals surface area contributed by atoms with Gasteiger partial charge in [-0.1, -0.05) is 6.92 Å². The van der Waals surface area contributed by atoms with Gasteiger partial charge in [0.15, 0.2) is 0 Å². The normalized spacial score (nSPS) is 15.8. The molecule has 0 fully saturated rings. The first-order valence-electron chi connectivity index (χ1n) is 5.92. The van der Waals surface area contributed by atoms with Gasteiger partial charge in [0, 0.05) is 18.7 Å². The molecule has 1 aromatic carbocycles. The Morgan fingerprint density at radius 2 is 2.35 bits per heavy atom. The molecule has 1 N–H and O–H groups in total. The Morgan fingerprint density at radius 3 is 3.06 bits per heavy atom. The van der Waals surface area contributed by atoms with Crippen LogP contribution in [-0.4, -0.2) is 35.7 Å². The molecule has 0 amide bonds. The van der Waals surface area contributed by atoms with Crippen LogP contribution in [0.3, 0.4) is 0 Å². The van der Waals surface area contributed by atoms with Crippen LogP contribution in [0.2, 0.25) is 0 Å². The van der Waals surface area contributed by atoms with Gasteiger partial charge in [-0.15, -0.1) is 0 Å². The molecule has 0 atom stereocenters. The molecule has 1 aromatic rings. The summed E-state index contributed by atoms with van der Waals surface area (Å²) in [5.41, 5.74) is 1.29. The minimum atomic E-state index is -0.890. The summed E-state index contributed by atoms with van der Waals surface area (Å²) in [6.45, 7) is 5.48. The summed E-state index contributed by atoms with van der Waals surface area (Å²) in [5, 5.41) is 8.97. The van der Waals surface area contributed by atoms with E-state index in [9.17, 15) is 4.79 Å². The third-order valence-corrected chi connectivity index (χ3v) is 2.91. The zero-order valence-electron chi connectivity index (χ0n) is 9.98. The van der Waals surface area contributed by atoms with Crippen LogP contribution in [0.5, 0.6) is 5.75 Å². The molecule has 0 bridgehead atoms. The minimum absolute atomic E-state index is 0.325. The maximum absolute atomic E-state index is 10.9. The van der Waals surface area contributed by atoms with Gasteiger partial charge >= 0.3 is 5.97 Å². The molecule has 1 heterocycles. The largest absolute Gasteiger partial charge is 0.492 e. The lowest BCUT2D eigenvalue weighted by molar-refractivity contribution is 0.0696. The highest BCUT2D eigenvalue weighted by atomic mass is 16.5. The van der Waals surface area contributed by atoms with Crippen LogP contribution >= 0.6 is 0 Å². The van der Waals surface area contributed by atoms with Crippen LogP contribution in [0.4, 0.5) is 0 Å². The highest BCUT2D eigenvalue weighted by Crippen LogP contribution is 2.24. The molecule has 0 spiro atoms. The van der Waals surface area contributed by atoms with Crippen molar-refractivity contribution in [3.63, 3.8) is 0 Å². The smallest absolute Gasteiger partial charge is 0.335 e. The van der Waals surface area contributed by atoms with Gasteiger partial charge in [0.25, 0.3) is 0 Å². The number of carboxylic acids is 1. The number of nitrogens with zero attached hydrogens (tertiary/aromatic N) is 1. The van der Waals surface area contributed by atoms with Crippen molar-refractivity contribution in [3.05, 3.63) is 29.3 Å². The summed E-state index contributed by atoms with van der Waals surface area (Å²) in [6.07, 6.45) is 1.09. The van der Waals surface area contributed by atoms with Crippen LogP contribution < -0.4 is 4.74 Å². The highest BCUT2D eigenvalue weighted by Gasteiger charge is 2.16. The summed E-state index contributed by atoms with van der Waals surface area (Å²) >= 11 is 0. The van der Waals surface area contributed by atoms with E-state index in [1.54, 1.807) is 18.2 Å². The summed E-state index contributed by atoms with van der Waals surface area (Å²) in [7, 11) is 0. The molecule has 2 rings (SSSR count). The van der Waals surface area contributed by atoms with Crippen molar-refractivity contribution in [2.45, 2.75) is 19.9 Å². The number of benzene rings is 1. The van der Waals surface area contributed by atoms with Gasteiger partial charge < -0.3 is 9.84 Å². The third-order valence-electron chi connectivity index (χ3n) is 2.91. The lowest BCUT2D eigenvalue weighted by Crippen LogP contribution is -2.26. The molecule has 1 aliphatic rings. The van der Waals surface area contributed by atoms with Crippen molar-refractivity contribution in [3.8, 4) is 5.75 Å². The average Bonchev–Trinajstić information content (AvgIpc) is 2.50. The minimum Gasteiger partial charge on any atom is -0.492 e. The molecule has 4 nitrogen and oxygen atoms in total. The Bertz CT molecular complexity index is 417. The van der Waals surface area contributed by atoms with E-state index < -0.39 is 5.97 Å². The van der Waals surface area contributed by atoms with E-state index in [1.165, 1.54) is 0 Å². The van der Waals surface area contributed by atoms with E-state index in [-0.39, 0.29) is 0 Å². The second kappa shape index (κ2) is 5.19. The average molecular weight is 235 g/mol. The molecular formula is C13H17NO3. The van der Waals surface area contributed by atoms with Gasteiger partial charge in [-0.2, -0.15) is 0 Å². The van der Waals surface area contributed by atoms with E-state index in [1.807, 2.05) is 0 Å². The molecule has 92 valence electrons. The summed E-state index contributed by atoms with van der Waals surface area (Å²) in [4.78, 5) is 13.2. The Hall–Kier alpha value is -1.55. The molecule has 0 aromatic heterocycles. The fourth-order valence-corrected chi connectivity index (χ4v) is 2.09. The predicted octanol–water partition coefficient (Wildman–Crippen LogP) is 1.99. The van der Waals surface area contributed by atoms with Crippen molar-refractivity contribution < 1.29 is 14.6 Å². The van der Waals surface area contributed by atoms with Crippen LogP contribution in [0.1, 0.15) is 29.3 Å². The van der Waals surface area contributed by atoms with Gasteiger partial charge in [-0.25, -0.2) is 4.79 Å². The first-order valence-corrected chi connectivity index (χ1v) is 5.92. The van der Waals surface area contributed by atoms with Crippen molar-refractivity contribution in [1.82, 2.24) is 4.90 Å². The fourth-order valence-electron chi connectivity index (χ4n) is 2.09. The van der Waals surface area contributed by atoms with E-state index in [0.29, 0.717) is 12.2 Å². The lowest BCUT2D eigenvalue weighted by Gasteiger charge is -2.17. The van der Waals surface area contributed by atoms with E-state index >= 15 is 0 Å². The molecular weight excluding hydrogens is 218 g/mol. The second-order valence-electron chi connectivity index (χ2n) is 4.25. The number of ether oxygens (including phenoxy) is 1. The van der Waals surface area contributed by atoms with Crippen molar-refractivity contribution >= 4 is 5.97 Å².